The fourth-order valence-corrected chi connectivity index (χ4v) is 2.88. The van der Waals surface area contributed by atoms with Crippen LogP contribution in [0, 0.1) is 0 Å². The highest BCUT2D eigenvalue weighted by Crippen LogP contribution is 2.16. The van der Waals surface area contributed by atoms with E-state index in [1.54, 1.807) is 11.8 Å². The van der Waals surface area contributed by atoms with E-state index in [4.69, 9.17) is 5.11 Å². The zero-order valence-corrected chi connectivity index (χ0v) is 12.8. The maximum atomic E-state index is 12.2. The third-order valence-electron chi connectivity index (χ3n) is 3.62. The second kappa shape index (κ2) is 7.47. The highest BCUT2D eigenvalue weighted by molar-refractivity contribution is 7.98. The van der Waals surface area contributed by atoms with Gasteiger partial charge in [0.2, 0.25) is 5.91 Å². The van der Waals surface area contributed by atoms with Crippen molar-refractivity contribution in [3.8, 4) is 0 Å². The zero-order chi connectivity index (χ0) is 15.2. The average Bonchev–Trinajstić information content (AvgIpc) is 2.50. The fraction of sp³-hybridized carbons (Fsp3) is 0.467. The molecule has 2 rings (SSSR count). The third-order valence-corrected chi connectivity index (χ3v) is 4.27. The van der Waals surface area contributed by atoms with E-state index in [9.17, 15) is 9.59 Å². The van der Waals surface area contributed by atoms with Crippen molar-refractivity contribution in [2.24, 2.45) is 0 Å². The van der Waals surface area contributed by atoms with Gasteiger partial charge in [-0.05, 0) is 36.0 Å². The van der Waals surface area contributed by atoms with Crippen LogP contribution in [-0.4, -0.2) is 41.1 Å². The van der Waals surface area contributed by atoms with Crippen LogP contribution in [0.25, 0.3) is 0 Å². The molecule has 0 unspecified atom stereocenters. The Bertz CT molecular complexity index is 521. The van der Waals surface area contributed by atoms with Crippen LogP contribution in [0.3, 0.4) is 0 Å². The highest BCUT2D eigenvalue weighted by Gasteiger charge is 2.27. The smallest absolute Gasteiger partial charge is 0.326 e. The Morgan fingerprint density at radius 3 is 2.81 bits per heavy atom. The van der Waals surface area contributed by atoms with E-state index in [0.717, 1.165) is 5.56 Å². The van der Waals surface area contributed by atoms with Crippen LogP contribution in [-0.2, 0) is 22.6 Å². The van der Waals surface area contributed by atoms with Gasteiger partial charge in [-0.1, -0.05) is 24.3 Å². The molecule has 3 N–H and O–H groups in total. The van der Waals surface area contributed by atoms with Gasteiger partial charge in [0.05, 0.1) is 6.04 Å². The predicted molar refractivity (Wildman–Crippen MR) is 83.3 cm³/mol. The van der Waals surface area contributed by atoms with Crippen LogP contribution >= 0.6 is 11.8 Å². The standard InChI is InChI=1S/C15H20N2O3S/c1-21-7-6-12(15(19)20)17-14(18)13-8-10-4-2-3-5-11(10)9-16-13/h2-5,12-13,16H,6-9H2,1H3,(H,17,18)(H,19,20)/t12-,13+/m1/s1. The summed E-state index contributed by atoms with van der Waals surface area (Å²) in [6.07, 6.45) is 2.95. The normalized spacial score (nSPS) is 18.6. The molecular formula is C15H20N2O3S. The maximum absolute atomic E-state index is 12.2. The molecule has 114 valence electrons. The molecular weight excluding hydrogens is 288 g/mol. The molecule has 6 heteroatoms. The minimum atomic E-state index is -0.978. The number of fused-ring (bicyclic) bond motifs is 1. The molecule has 1 aliphatic rings. The van der Waals surface area contributed by atoms with Crippen molar-refractivity contribution in [2.75, 3.05) is 12.0 Å². The molecule has 0 radical (unpaired) electrons. The summed E-state index contributed by atoms with van der Waals surface area (Å²) in [5.74, 6) is -0.510. The fourth-order valence-electron chi connectivity index (χ4n) is 2.41. The number of benzene rings is 1. The SMILES string of the molecule is CSCC[C@@H](NC(=O)[C@@H]1Cc2ccccc2CN1)C(=O)O. The molecule has 1 aromatic rings. The minimum Gasteiger partial charge on any atom is -0.480 e. The molecule has 2 atom stereocenters. The van der Waals surface area contributed by atoms with E-state index in [-0.39, 0.29) is 11.9 Å². The lowest BCUT2D eigenvalue weighted by molar-refractivity contribution is -0.142. The number of nitrogens with one attached hydrogen (secondary N) is 2. The quantitative estimate of drug-likeness (QED) is 0.731. The Labute approximate surface area is 128 Å². The van der Waals surface area contributed by atoms with Crippen molar-refractivity contribution < 1.29 is 14.7 Å². The van der Waals surface area contributed by atoms with Crippen molar-refractivity contribution >= 4 is 23.6 Å². The Balaban J connectivity index is 1.96. The molecule has 0 bridgehead atoms. The molecule has 0 saturated carbocycles. The van der Waals surface area contributed by atoms with E-state index < -0.39 is 12.0 Å². The van der Waals surface area contributed by atoms with Gasteiger partial charge in [-0.25, -0.2) is 4.79 Å². The Kier molecular flexibility index (Phi) is 5.64. The summed E-state index contributed by atoms with van der Waals surface area (Å²) in [6.45, 7) is 0.636. The molecule has 0 spiro atoms. The van der Waals surface area contributed by atoms with Crippen LogP contribution in [0.2, 0.25) is 0 Å². The number of carbonyl (C=O) groups is 2. The molecule has 21 heavy (non-hydrogen) atoms. The third kappa shape index (κ3) is 4.22. The van der Waals surface area contributed by atoms with Gasteiger partial charge in [0, 0.05) is 6.54 Å². The van der Waals surface area contributed by atoms with Crippen LogP contribution in [0.1, 0.15) is 17.5 Å². The number of carboxylic acids is 1. The van der Waals surface area contributed by atoms with Crippen molar-refractivity contribution in [1.29, 1.82) is 0 Å². The van der Waals surface area contributed by atoms with Gasteiger partial charge < -0.3 is 15.7 Å². The lowest BCUT2D eigenvalue weighted by Crippen LogP contribution is -2.52. The topological polar surface area (TPSA) is 78.4 Å². The Morgan fingerprint density at radius 2 is 2.14 bits per heavy atom. The first-order chi connectivity index (χ1) is 10.1. The predicted octanol–water partition coefficient (Wildman–Crippen LogP) is 1.02. The molecule has 0 aromatic heterocycles. The van der Waals surface area contributed by atoms with Gasteiger partial charge >= 0.3 is 5.97 Å². The summed E-state index contributed by atoms with van der Waals surface area (Å²) in [7, 11) is 0. The summed E-state index contributed by atoms with van der Waals surface area (Å²) in [6, 6.07) is 6.80. The number of thioether (sulfide) groups is 1. The summed E-state index contributed by atoms with van der Waals surface area (Å²) >= 11 is 1.57. The summed E-state index contributed by atoms with van der Waals surface area (Å²) in [4.78, 5) is 23.4. The number of amides is 1. The second-order valence-electron chi connectivity index (χ2n) is 5.09. The lowest BCUT2D eigenvalue weighted by Gasteiger charge is -2.26. The van der Waals surface area contributed by atoms with E-state index in [1.807, 2.05) is 30.5 Å². The van der Waals surface area contributed by atoms with Crippen molar-refractivity contribution in [1.82, 2.24) is 10.6 Å². The van der Waals surface area contributed by atoms with Crippen LogP contribution in [0.5, 0.6) is 0 Å². The molecule has 5 nitrogen and oxygen atoms in total. The van der Waals surface area contributed by atoms with Gasteiger partial charge in [0.1, 0.15) is 6.04 Å². The van der Waals surface area contributed by atoms with Gasteiger partial charge in [0.15, 0.2) is 0 Å². The monoisotopic (exact) mass is 308 g/mol. The zero-order valence-electron chi connectivity index (χ0n) is 12.0. The van der Waals surface area contributed by atoms with Crippen LogP contribution in [0.15, 0.2) is 24.3 Å². The number of carbonyl (C=O) groups excluding carboxylic acids is 1. The van der Waals surface area contributed by atoms with Crippen LogP contribution < -0.4 is 10.6 Å². The van der Waals surface area contributed by atoms with Gasteiger partial charge in [-0.2, -0.15) is 11.8 Å². The highest BCUT2D eigenvalue weighted by atomic mass is 32.2. The second-order valence-corrected chi connectivity index (χ2v) is 6.07. The van der Waals surface area contributed by atoms with E-state index >= 15 is 0 Å². The first-order valence-corrected chi connectivity index (χ1v) is 8.33. The molecule has 1 aromatic carbocycles. The molecule has 1 aliphatic heterocycles. The number of hydrogen-bond acceptors (Lipinski definition) is 4. The van der Waals surface area contributed by atoms with E-state index in [0.29, 0.717) is 25.1 Å². The maximum Gasteiger partial charge on any atom is 0.326 e. The largest absolute Gasteiger partial charge is 0.480 e. The van der Waals surface area contributed by atoms with Gasteiger partial charge in [0.25, 0.3) is 0 Å². The molecule has 1 amide bonds. The number of aliphatic carboxylic acids is 1. The van der Waals surface area contributed by atoms with E-state index in [2.05, 4.69) is 10.6 Å². The lowest BCUT2D eigenvalue weighted by atomic mass is 9.95. The first-order valence-electron chi connectivity index (χ1n) is 6.94. The van der Waals surface area contributed by atoms with Gasteiger partial charge in [-0.15, -0.1) is 0 Å². The summed E-state index contributed by atoms with van der Waals surface area (Å²) in [5, 5.41) is 15.0. The van der Waals surface area contributed by atoms with Crippen molar-refractivity contribution in [3.63, 3.8) is 0 Å². The molecule has 0 saturated heterocycles. The van der Waals surface area contributed by atoms with Crippen molar-refractivity contribution in [2.45, 2.75) is 31.5 Å². The Hall–Kier alpha value is -1.53. The summed E-state index contributed by atoms with van der Waals surface area (Å²) < 4.78 is 0. The molecule has 0 fully saturated rings. The summed E-state index contributed by atoms with van der Waals surface area (Å²) in [5.41, 5.74) is 2.34. The number of carboxylic acid groups (broad SMARTS) is 1. The van der Waals surface area contributed by atoms with Crippen molar-refractivity contribution in [3.05, 3.63) is 35.4 Å². The first kappa shape index (κ1) is 15.9. The van der Waals surface area contributed by atoms with E-state index in [1.165, 1.54) is 5.56 Å². The van der Waals surface area contributed by atoms with Crippen LogP contribution in [0.4, 0.5) is 0 Å². The molecule has 0 aliphatic carbocycles. The minimum absolute atomic E-state index is 0.238. The molecule has 1 heterocycles. The van der Waals surface area contributed by atoms with Gasteiger partial charge in [-0.3, -0.25) is 4.79 Å². The Morgan fingerprint density at radius 1 is 1.43 bits per heavy atom. The number of hydrogen-bond donors (Lipinski definition) is 3. The average molecular weight is 308 g/mol. The number of rotatable bonds is 6.